The van der Waals surface area contributed by atoms with Crippen LogP contribution in [0.3, 0.4) is 0 Å². The molecule has 116 valence electrons. The first kappa shape index (κ1) is 19.4. The number of nitrogens with one attached hydrogen (secondary N) is 3. The summed E-state index contributed by atoms with van der Waals surface area (Å²) >= 11 is 0. The molecule has 0 aliphatic carbocycles. The van der Waals surface area contributed by atoms with Crippen LogP contribution in [0.5, 0.6) is 0 Å². The molecule has 1 aliphatic heterocycles. The van der Waals surface area contributed by atoms with Crippen LogP contribution in [0.25, 0.3) is 0 Å². The van der Waals surface area contributed by atoms with Crippen molar-refractivity contribution in [2.75, 3.05) is 25.0 Å². The second kappa shape index (κ2) is 8.67. The third-order valence-electron chi connectivity index (χ3n) is 3.62. The second-order valence-corrected chi connectivity index (χ2v) is 5.59. The Morgan fingerprint density at radius 2 is 2.10 bits per heavy atom. The molecule has 3 N–H and O–H groups in total. The zero-order chi connectivity index (χ0) is 13.0. The monoisotopic (exact) mass is 320 g/mol. The first-order valence-electron chi connectivity index (χ1n) is 6.73. The van der Waals surface area contributed by atoms with Gasteiger partial charge < -0.3 is 16.0 Å². The minimum atomic E-state index is 0. The van der Waals surface area contributed by atoms with Gasteiger partial charge in [0.25, 0.3) is 0 Å². The van der Waals surface area contributed by atoms with E-state index in [4.69, 9.17) is 0 Å². The van der Waals surface area contributed by atoms with Crippen molar-refractivity contribution in [3.8, 4) is 0 Å². The maximum atomic E-state index is 4.29. The molecule has 0 radical (unpaired) electrons. The molecule has 1 fully saturated rings. The first-order chi connectivity index (χ1) is 8.58. The van der Waals surface area contributed by atoms with E-state index in [1.54, 1.807) is 0 Å². The Balaban J connectivity index is 0.00000180. The van der Waals surface area contributed by atoms with Crippen LogP contribution in [-0.4, -0.2) is 36.2 Å². The van der Waals surface area contributed by atoms with Crippen molar-refractivity contribution in [2.24, 2.45) is 0 Å². The molecule has 1 aliphatic rings. The smallest absolute Gasteiger partial charge is 0.126 e. The summed E-state index contributed by atoms with van der Waals surface area (Å²) in [6.45, 7) is 9.57. The number of hydrogen-bond acceptors (Lipinski definition) is 4. The van der Waals surface area contributed by atoms with Gasteiger partial charge in [-0.25, -0.2) is 4.98 Å². The Hall–Kier alpha value is -0.550. The summed E-state index contributed by atoms with van der Waals surface area (Å²) in [6, 6.07) is 4.64. The van der Waals surface area contributed by atoms with Crippen molar-refractivity contribution < 1.29 is 0 Å². The maximum absolute atomic E-state index is 4.29. The zero-order valence-corrected chi connectivity index (χ0v) is 14.0. The Labute approximate surface area is 134 Å². The number of hydrogen-bond donors (Lipinski definition) is 3. The number of aryl methyl sites for hydroxylation is 1. The third kappa shape index (κ3) is 5.44. The van der Waals surface area contributed by atoms with E-state index in [1.165, 1.54) is 12.0 Å². The lowest BCUT2D eigenvalue weighted by Gasteiger charge is -2.28. The van der Waals surface area contributed by atoms with E-state index >= 15 is 0 Å². The third-order valence-corrected chi connectivity index (χ3v) is 3.62. The molecule has 6 heteroatoms. The maximum Gasteiger partial charge on any atom is 0.126 e. The van der Waals surface area contributed by atoms with Crippen molar-refractivity contribution in [3.63, 3.8) is 0 Å². The standard InChI is InChI=1S/C14H24N4.2ClH/c1-11-4-6-16-13(10-11)17-9-8-15-12-5-7-18-14(12,2)3;;/h4,6,10,12,15,18H,5,7-9H2,1-3H3,(H,16,17);2*1H. The highest BCUT2D eigenvalue weighted by Crippen LogP contribution is 2.17. The van der Waals surface area contributed by atoms with Gasteiger partial charge in [-0.3, -0.25) is 0 Å². The second-order valence-electron chi connectivity index (χ2n) is 5.59. The summed E-state index contributed by atoms with van der Waals surface area (Å²) in [5.41, 5.74) is 1.45. The van der Waals surface area contributed by atoms with Crippen LogP contribution in [0.1, 0.15) is 25.8 Å². The summed E-state index contributed by atoms with van der Waals surface area (Å²) in [5.74, 6) is 0.959. The molecule has 0 aromatic carbocycles. The van der Waals surface area contributed by atoms with Gasteiger partial charge in [-0.2, -0.15) is 0 Å². The van der Waals surface area contributed by atoms with E-state index < -0.39 is 0 Å². The van der Waals surface area contributed by atoms with E-state index in [0.29, 0.717) is 6.04 Å². The normalized spacial score (nSPS) is 19.9. The topological polar surface area (TPSA) is 49.0 Å². The molecule has 0 amide bonds. The van der Waals surface area contributed by atoms with Gasteiger partial charge in [-0.05, 0) is 51.4 Å². The average Bonchev–Trinajstić information content (AvgIpc) is 2.64. The minimum Gasteiger partial charge on any atom is -0.369 e. The van der Waals surface area contributed by atoms with Crippen LogP contribution in [0, 0.1) is 6.92 Å². The van der Waals surface area contributed by atoms with Crippen LogP contribution in [0.4, 0.5) is 5.82 Å². The molecule has 0 spiro atoms. The number of aromatic nitrogens is 1. The van der Waals surface area contributed by atoms with E-state index in [2.05, 4.69) is 47.8 Å². The molecule has 0 bridgehead atoms. The van der Waals surface area contributed by atoms with Crippen molar-refractivity contribution in [1.82, 2.24) is 15.6 Å². The van der Waals surface area contributed by atoms with Gasteiger partial charge in [0.05, 0.1) is 0 Å². The Kier molecular flexibility index (Phi) is 8.44. The van der Waals surface area contributed by atoms with E-state index in [1.807, 2.05) is 12.3 Å². The fourth-order valence-electron chi connectivity index (χ4n) is 2.45. The fourth-order valence-corrected chi connectivity index (χ4v) is 2.45. The molecular weight excluding hydrogens is 295 g/mol. The molecule has 1 aromatic rings. The molecule has 2 rings (SSSR count). The van der Waals surface area contributed by atoms with Crippen molar-refractivity contribution in [1.29, 1.82) is 0 Å². The lowest BCUT2D eigenvalue weighted by Crippen LogP contribution is -2.49. The SMILES string of the molecule is Cc1ccnc(NCCNC2CCNC2(C)C)c1.Cl.Cl. The van der Waals surface area contributed by atoms with Crippen LogP contribution in [-0.2, 0) is 0 Å². The molecule has 1 unspecified atom stereocenters. The number of nitrogens with zero attached hydrogens (tertiary/aromatic N) is 1. The Morgan fingerprint density at radius 1 is 1.35 bits per heavy atom. The molecule has 4 nitrogen and oxygen atoms in total. The van der Waals surface area contributed by atoms with E-state index in [-0.39, 0.29) is 30.4 Å². The van der Waals surface area contributed by atoms with Crippen LogP contribution in [0.15, 0.2) is 18.3 Å². The van der Waals surface area contributed by atoms with Gasteiger partial charge in [0.1, 0.15) is 5.82 Å². The van der Waals surface area contributed by atoms with Gasteiger partial charge in [0.15, 0.2) is 0 Å². The summed E-state index contributed by atoms with van der Waals surface area (Å²) in [4.78, 5) is 4.29. The molecular formula is C14H26Cl2N4. The lowest BCUT2D eigenvalue weighted by atomic mass is 9.97. The first-order valence-corrected chi connectivity index (χ1v) is 6.73. The number of halogens is 2. The molecule has 1 saturated heterocycles. The minimum absolute atomic E-state index is 0. The van der Waals surface area contributed by atoms with Crippen molar-refractivity contribution in [3.05, 3.63) is 23.9 Å². The van der Waals surface area contributed by atoms with Crippen LogP contribution >= 0.6 is 24.8 Å². The predicted octanol–water partition coefficient (Wildman–Crippen LogP) is 2.38. The van der Waals surface area contributed by atoms with Crippen LogP contribution < -0.4 is 16.0 Å². The van der Waals surface area contributed by atoms with Crippen molar-refractivity contribution >= 4 is 30.6 Å². The summed E-state index contributed by atoms with van der Waals surface area (Å²) in [6.07, 6.45) is 3.05. The summed E-state index contributed by atoms with van der Waals surface area (Å²) < 4.78 is 0. The highest BCUT2D eigenvalue weighted by Gasteiger charge is 2.33. The molecule has 2 heterocycles. The highest BCUT2D eigenvalue weighted by atomic mass is 35.5. The number of anilines is 1. The van der Waals surface area contributed by atoms with E-state index in [9.17, 15) is 0 Å². The number of rotatable bonds is 5. The lowest BCUT2D eigenvalue weighted by molar-refractivity contribution is 0.355. The molecule has 1 aromatic heterocycles. The number of pyridine rings is 1. The van der Waals surface area contributed by atoms with Gasteiger partial charge in [-0.1, -0.05) is 0 Å². The van der Waals surface area contributed by atoms with Gasteiger partial charge in [0, 0.05) is 30.9 Å². The molecule has 20 heavy (non-hydrogen) atoms. The quantitative estimate of drug-likeness (QED) is 0.729. The van der Waals surface area contributed by atoms with Crippen LogP contribution in [0.2, 0.25) is 0 Å². The summed E-state index contributed by atoms with van der Waals surface area (Å²) in [5, 5.41) is 10.5. The Bertz CT molecular complexity index is 399. The van der Waals surface area contributed by atoms with E-state index in [0.717, 1.165) is 25.5 Å². The molecule has 0 saturated carbocycles. The highest BCUT2D eigenvalue weighted by molar-refractivity contribution is 5.85. The predicted molar refractivity (Wildman–Crippen MR) is 90.4 cm³/mol. The zero-order valence-electron chi connectivity index (χ0n) is 12.4. The van der Waals surface area contributed by atoms with Gasteiger partial charge in [-0.15, -0.1) is 24.8 Å². The Morgan fingerprint density at radius 3 is 2.70 bits per heavy atom. The summed E-state index contributed by atoms with van der Waals surface area (Å²) in [7, 11) is 0. The molecule has 1 atom stereocenters. The largest absolute Gasteiger partial charge is 0.369 e. The fraction of sp³-hybridized carbons (Fsp3) is 0.643. The van der Waals surface area contributed by atoms with Gasteiger partial charge in [0.2, 0.25) is 0 Å². The van der Waals surface area contributed by atoms with Gasteiger partial charge >= 0.3 is 0 Å². The van der Waals surface area contributed by atoms with Crippen molar-refractivity contribution in [2.45, 2.75) is 38.8 Å². The average molecular weight is 321 g/mol.